The zero-order chi connectivity index (χ0) is 28.8. The highest BCUT2D eigenvalue weighted by Crippen LogP contribution is 2.44. The summed E-state index contributed by atoms with van der Waals surface area (Å²) in [5.74, 6) is -1.59. The van der Waals surface area contributed by atoms with Crippen molar-refractivity contribution >= 4 is 44.2 Å². The van der Waals surface area contributed by atoms with Gasteiger partial charge in [-0.1, -0.05) is 18.3 Å². The quantitative estimate of drug-likeness (QED) is 0.368. The Kier molecular flexibility index (Phi) is 7.21. The van der Waals surface area contributed by atoms with Gasteiger partial charge in [0.2, 0.25) is 0 Å². The summed E-state index contributed by atoms with van der Waals surface area (Å²) in [6.45, 7) is 6.69. The number of carbonyl (C=O) groups excluding carboxylic acids is 2. The number of rotatable bonds is 7. The summed E-state index contributed by atoms with van der Waals surface area (Å²) >= 11 is 1.28. The first-order valence-electron chi connectivity index (χ1n) is 12.9. The Labute approximate surface area is 233 Å². The molecule has 13 heteroatoms. The number of carbonyl (C=O) groups is 2. The van der Waals surface area contributed by atoms with Crippen molar-refractivity contribution in [3.05, 3.63) is 35.4 Å². The minimum absolute atomic E-state index is 0.0441. The highest BCUT2D eigenvalue weighted by atomic mass is 32.1. The first-order valence-corrected chi connectivity index (χ1v) is 13.7. The monoisotopic (exact) mass is 576 g/mol. The Morgan fingerprint density at radius 3 is 2.65 bits per heavy atom. The van der Waals surface area contributed by atoms with Crippen LogP contribution in [-0.4, -0.2) is 60.0 Å². The van der Waals surface area contributed by atoms with Crippen LogP contribution in [0.15, 0.2) is 24.3 Å². The Hall–Kier alpha value is -3.71. The van der Waals surface area contributed by atoms with Crippen LogP contribution >= 0.6 is 11.3 Å². The third-order valence-corrected chi connectivity index (χ3v) is 8.14. The molecule has 1 unspecified atom stereocenters. The molecule has 0 spiro atoms. The van der Waals surface area contributed by atoms with Crippen LogP contribution in [0.1, 0.15) is 60.7 Å². The molecule has 2 aliphatic heterocycles. The average molecular weight is 577 g/mol. The number of ether oxygens (including phenoxy) is 3. The van der Waals surface area contributed by atoms with E-state index in [4.69, 9.17) is 4.74 Å². The number of nitrogens with one attached hydrogen (secondary N) is 2. The lowest BCUT2D eigenvalue weighted by atomic mass is 10.0. The van der Waals surface area contributed by atoms with Crippen LogP contribution in [0.4, 0.5) is 19.6 Å². The van der Waals surface area contributed by atoms with Crippen LogP contribution in [0.2, 0.25) is 0 Å². The number of hydrogen-bond donors (Lipinski definition) is 3. The second-order valence-electron chi connectivity index (χ2n) is 10.4. The molecule has 214 valence electrons. The molecule has 1 saturated heterocycles. The summed E-state index contributed by atoms with van der Waals surface area (Å²) in [6.07, 6.45) is -2.23. The largest absolute Gasteiger partial charge is 0.586 e. The first kappa shape index (κ1) is 27.8. The van der Waals surface area contributed by atoms with Crippen LogP contribution in [-0.2, 0) is 0 Å². The van der Waals surface area contributed by atoms with E-state index in [1.165, 1.54) is 18.4 Å². The molecule has 0 bridgehead atoms. The molecule has 40 heavy (non-hydrogen) atoms. The number of alkyl halides is 2. The van der Waals surface area contributed by atoms with Crippen molar-refractivity contribution in [3.63, 3.8) is 0 Å². The number of halogens is 2. The predicted molar refractivity (Wildman–Crippen MR) is 146 cm³/mol. The maximum Gasteiger partial charge on any atom is 0.586 e. The second-order valence-corrected chi connectivity index (χ2v) is 11.4. The molecular formula is C27H30F2N4O6S. The number of aliphatic hydroxyl groups is 1. The molecule has 1 atom stereocenters. The summed E-state index contributed by atoms with van der Waals surface area (Å²) < 4.78 is 42.8. The maximum absolute atomic E-state index is 13.8. The summed E-state index contributed by atoms with van der Waals surface area (Å²) in [7, 11) is 1.43. The predicted octanol–water partition coefficient (Wildman–Crippen LogP) is 4.76. The Morgan fingerprint density at radius 1 is 1.25 bits per heavy atom. The number of aliphatic hydroxyl groups excluding tert-OH is 1. The molecule has 10 nitrogen and oxygen atoms in total. The van der Waals surface area contributed by atoms with Crippen LogP contribution in [0.3, 0.4) is 0 Å². The topological polar surface area (TPSA) is 122 Å². The van der Waals surface area contributed by atoms with Gasteiger partial charge in [0.15, 0.2) is 16.6 Å². The number of aromatic nitrogens is 1. The van der Waals surface area contributed by atoms with Gasteiger partial charge >= 0.3 is 6.29 Å². The molecule has 1 aromatic heterocycles. The molecule has 2 aromatic carbocycles. The molecule has 2 aliphatic rings. The van der Waals surface area contributed by atoms with E-state index < -0.39 is 29.8 Å². The van der Waals surface area contributed by atoms with E-state index >= 15 is 0 Å². The lowest BCUT2D eigenvalue weighted by molar-refractivity contribution is -0.286. The van der Waals surface area contributed by atoms with Gasteiger partial charge in [0.1, 0.15) is 11.3 Å². The molecule has 3 N–H and O–H groups in total. The normalized spacial score (nSPS) is 18.1. The molecule has 0 aliphatic carbocycles. The number of fused-ring (bicyclic) bond motifs is 2. The van der Waals surface area contributed by atoms with E-state index in [9.17, 15) is 23.5 Å². The third-order valence-electron chi connectivity index (χ3n) is 6.99. The van der Waals surface area contributed by atoms with E-state index in [1.807, 2.05) is 25.7 Å². The van der Waals surface area contributed by atoms with E-state index in [1.54, 1.807) is 12.1 Å². The lowest BCUT2D eigenvalue weighted by Crippen LogP contribution is -2.43. The van der Waals surface area contributed by atoms with Crippen molar-refractivity contribution in [1.82, 2.24) is 10.3 Å². The molecule has 1 fully saturated rings. The summed E-state index contributed by atoms with van der Waals surface area (Å²) in [5, 5.41) is 16.3. The van der Waals surface area contributed by atoms with E-state index in [0.29, 0.717) is 28.3 Å². The van der Waals surface area contributed by atoms with Crippen LogP contribution in [0.25, 0.3) is 10.2 Å². The van der Waals surface area contributed by atoms with Crippen molar-refractivity contribution in [3.8, 4) is 17.2 Å². The number of benzene rings is 2. The minimum Gasteiger partial charge on any atom is -0.496 e. The number of anilines is 2. The zero-order valence-corrected chi connectivity index (χ0v) is 23.3. The third kappa shape index (κ3) is 5.48. The number of thiazole rings is 1. The lowest BCUT2D eigenvalue weighted by Gasteiger charge is -2.29. The minimum atomic E-state index is -3.91. The molecule has 3 heterocycles. The molecule has 5 rings (SSSR count). The fourth-order valence-corrected chi connectivity index (χ4v) is 5.68. The van der Waals surface area contributed by atoms with Crippen LogP contribution in [0.5, 0.6) is 17.2 Å². The van der Waals surface area contributed by atoms with Crippen molar-refractivity contribution in [2.75, 3.05) is 30.4 Å². The fraction of sp³-hybridized carbons (Fsp3) is 0.444. The smallest absolute Gasteiger partial charge is 0.496 e. The Balaban J connectivity index is 1.54. The molecule has 2 amide bonds. The van der Waals surface area contributed by atoms with Gasteiger partial charge in [0.25, 0.3) is 11.8 Å². The van der Waals surface area contributed by atoms with E-state index in [2.05, 4.69) is 25.1 Å². The van der Waals surface area contributed by atoms with E-state index in [0.717, 1.165) is 31.5 Å². The van der Waals surface area contributed by atoms with Gasteiger partial charge in [-0.2, -0.15) is 0 Å². The SMILES string of the molecule is CCC(C)(C)NC(=O)c1cc2c(cc1NC(=O)c1c(OC)ccc3nc(N4CCCC(O)C4)sc13)OC(F)(F)O2. The Bertz CT molecular complexity index is 1480. The van der Waals surface area contributed by atoms with Crippen molar-refractivity contribution in [1.29, 1.82) is 0 Å². The second kappa shape index (κ2) is 10.4. The number of hydrogen-bond acceptors (Lipinski definition) is 9. The van der Waals surface area contributed by atoms with Gasteiger partial charge in [-0.25, -0.2) is 4.98 Å². The van der Waals surface area contributed by atoms with Crippen LogP contribution in [0, 0.1) is 0 Å². The summed E-state index contributed by atoms with van der Waals surface area (Å²) in [4.78, 5) is 33.7. The van der Waals surface area contributed by atoms with Gasteiger partial charge in [0.05, 0.1) is 34.7 Å². The number of β-amino-alcohol motifs (C(OH)–C–C–N with tert-alkyl or cyclic N) is 1. The molecule has 3 aromatic rings. The van der Waals surface area contributed by atoms with Gasteiger partial charge < -0.3 is 34.9 Å². The highest BCUT2D eigenvalue weighted by Gasteiger charge is 2.44. The number of amides is 2. The molecule has 0 saturated carbocycles. The van der Waals surface area contributed by atoms with Gasteiger partial charge in [-0.05, 0) is 51.3 Å². The molecular weight excluding hydrogens is 546 g/mol. The standard InChI is InChI=1S/C27H30F2N4O6S/c1-5-26(2,3)32-23(35)15-11-19-20(39-27(28,29)38-19)12-17(15)30-24(36)21-18(37-4)9-8-16-22(21)40-25(31-16)33-10-6-7-14(34)13-33/h8-9,11-12,14,34H,5-7,10,13H2,1-4H3,(H,30,36)(H,32,35). The zero-order valence-electron chi connectivity index (χ0n) is 22.5. The van der Waals surface area contributed by atoms with Crippen molar-refractivity contribution < 1.29 is 37.7 Å². The highest BCUT2D eigenvalue weighted by molar-refractivity contribution is 7.22. The van der Waals surface area contributed by atoms with Crippen molar-refractivity contribution in [2.24, 2.45) is 0 Å². The number of methoxy groups -OCH3 is 1. The number of nitrogens with zero attached hydrogens (tertiary/aromatic N) is 2. The van der Waals surface area contributed by atoms with Gasteiger partial charge in [0, 0.05) is 24.7 Å². The fourth-order valence-electron chi connectivity index (χ4n) is 4.55. The maximum atomic E-state index is 13.8. The first-order chi connectivity index (χ1) is 18.9. The Morgan fingerprint density at radius 2 is 1.98 bits per heavy atom. The molecule has 0 radical (unpaired) electrons. The summed E-state index contributed by atoms with van der Waals surface area (Å²) in [5.41, 5.74) is 0.00323. The van der Waals surface area contributed by atoms with Crippen molar-refractivity contribution in [2.45, 2.75) is 58.0 Å². The van der Waals surface area contributed by atoms with Crippen LogP contribution < -0.4 is 29.7 Å². The number of piperidine rings is 1. The van der Waals surface area contributed by atoms with Gasteiger partial charge in [-0.3, -0.25) is 9.59 Å². The average Bonchev–Trinajstić information content (AvgIpc) is 3.46. The van der Waals surface area contributed by atoms with Gasteiger partial charge in [-0.15, -0.1) is 8.78 Å². The van der Waals surface area contributed by atoms with E-state index in [-0.39, 0.29) is 34.1 Å². The summed E-state index contributed by atoms with van der Waals surface area (Å²) in [6, 6.07) is 5.61.